The lowest BCUT2D eigenvalue weighted by Crippen LogP contribution is -2.33. The van der Waals surface area contributed by atoms with E-state index in [1.165, 1.54) is 23.0 Å². The van der Waals surface area contributed by atoms with Crippen molar-refractivity contribution in [3.05, 3.63) is 48.4 Å². The van der Waals surface area contributed by atoms with Crippen LogP contribution in [0.4, 0.5) is 0 Å². The lowest BCUT2D eigenvalue weighted by molar-refractivity contribution is -0.634. The van der Waals surface area contributed by atoms with Crippen molar-refractivity contribution in [2.24, 2.45) is 7.05 Å². The first kappa shape index (κ1) is 14.9. The third-order valence-electron chi connectivity index (χ3n) is 4.62. The van der Waals surface area contributed by atoms with Gasteiger partial charge in [0, 0.05) is 0 Å². The number of fused-ring (bicyclic) bond motifs is 2. The Kier molecular flexibility index (Phi) is 3.07. The number of aryl methyl sites for hydroxylation is 2. The molecule has 0 amide bonds. The first-order chi connectivity index (χ1) is 11.4. The van der Waals surface area contributed by atoms with Gasteiger partial charge in [-0.2, -0.15) is 0 Å². The van der Waals surface area contributed by atoms with Gasteiger partial charge in [-0.25, -0.2) is 14.1 Å². The van der Waals surface area contributed by atoms with Crippen molar-refractivity contribution in [2.45, 2.75) is 33.2 Å². The molecule has 2 heterocycles. The van der Waals surface area contributed by atoms with E-state index in [0.717, 1.165) is 22.5 Å². The quantitative estimate of drug-likeness (QED) is 0.489. The predicted molar refractivity (Wildman–Crippen MR) is 95.9 cm³/mol. The standard InChI is InChI=1S/C20H22N3O/c1-13-10-11-14-18(24-12-21-14)17(13)19-22(5)15-8-6-7-9-16(15)23(19)20(2,3)4/h6-12H,1-5H3/q+1. The molecule has 0 bridgehead atoms. The second-order valence-electron chi connectivity index (χ2n) is 7.34. The van der Waals surface area contributed by atoms with Gasteiger partial charge in [-0.1, -0.05) is 18.2 Å². The lowest BCUT2D eigenvalue weighted by atomic mass is 10.0. The molecular formula is C20H22N3O+. The van der Waals surface area contributed by atoms with Gasteiger partial charge in [0.05, 0.1) is 7.05 Å². The van der Waals surface area contributed by atoms with E-state index in [0.29, 0.717) is 0 Å². The fourth-order valence-electron chi connectivity index (χ4n) is 3.58. The normalized spacial score (nSPS) is 12.4. The number of imidazole rings is 1. The summed E-state index contributed by atoms with van der Waals surface area (Å²) in [6.07, 6.45) is 1.53. The Hall–Kier alpha value is -2.62. The minimum atomic E-state index is -0.0647. The molecule has 0 saturated carbocycles. The molecule has 0 saturated heterocycles. The monoisotopic (exact) mass is 320 g/mol. The minimum absolute atomic E-state index is 0.0647. The van der Waals surface area contributed by atoms with Crippen molar-refractivity contribution in [3.8, 4) is 11.4 Å². The van der Waals surface area contributed by atoms with E-state index >= 15 is 0 Å². The van der Waals surface area contributed by atoms with Crippen molar-refractivity contribution in [1.29, 1.82) is 0 Å². The Bertz CT molecular complexity index is 1060. The molecule has 2 aromatic carbocycles. The van der Waals surface area contributed by atoms with Gasteiger partial charge in [0.1, 0.15) is 16.6 Å². The number of hydrogen-bond acceptors (Lipinski definition) is 2. The van der Waals surface area contributed by atoms with Crippen LogP contribution < -0.4 is 4.57 Å². The van der Waals surface area contributed by atoms with Crippen LogP contribution in [0.25, 0.3) is 33.5 Å². The summed E-state index contributed by atoms with van der Waals surface area (Å²) in [6, 6.07) is 12.7. The highest BCUT2D eigenvalue weighted by atomic mass is 16.3. The SMILES string of the molecule is Cc1ccc2ncoc2c1-c1n(C(C)(C)C)c2ccccc2[n+]1C. The molecule has 24 heavy (non-hydrogen) atoms. The topological polar surface area (TPSA) is 34.8 Å². The maximum Gasteiger partial charge on any atom is 0.294 e. The van der Waals surface area contributed by atoms with E-state index in [1.807, 2.05) is 6.07 Å². The van der Waals surface area contributed by atoms with Gasteiger partial charge in [0.25, 0.3) is 5.82 Å². The van der Waals surface area contributed by atoms with E-state index in [2.05, 4.69) is 79.2 Å². The summed E-state index contributed by atoms with van der Waals surface area (Å²) in [5.74, 6) is 1.14. The largest absolute Gasteiger partial charge is 0.443 e. The van der Waals surface area contributed by atoms with Gasteiger partial charge >= 0.3 is 0 Å². The molecule has 2 aromatic heterocycles. The lowest BCUT2D eigenvalue weighted by Gasteiger charge is -2.18. The van der Waals surface area contributed by atoms with Crippen LogP contribution in [0.3, 0.4) is 0 Å². The van der Waals surface area contributed by atoms with E-state index in [9.17, 15) is 0 Å². The summed E-state index contributed by atoms with van der Waals surface area (Å²) >= 11 is 0. The first-order valence-corrected chi connectivity index (χ1v) is 8.22. The zero-order chi connectivity index (χ0) is 17.1. The Labute approximate surface area is 141 Å². The predicted octanol–water partition coefficient (Wildman–Crippen LogP) is 4.34. The number of oxazole rings is 1. The van der Waals surface area contributed by atoms with Gasteiger partial charge in [-0.3, -0.25) is 0 Å². The van der Waals surface area contributed by atoms with E-state index in [4.69, 9.17) is 4.42 Å². The number of rotatable bonds is 1. The van der Waals surface area contributed by atoms with Crippen molar-refractivity contribution >= 4 is 22.1 Å². The molecule has 0 unspecified atom stereocenters. The molecule has 0 fully saturated rings. The van der Waals surface area contributed by atoms with Gasteiger partial charge in [0.2, 0.25) is 0 Å². The van der Waals surface area contributed by atoms with Crippen LogP contribution in [0, 0.1) is 6.92 Å². The Balaban J connectivity index is 2.23. The molecule has 4 nitrogen and oxygen atoms in total. The fourth-order valence-corrected chi connectivity index (χ4v) is 3.58. The van der Waals surface area contributed by atoms with Crippen molar-refractivity contribution in [1.82, 2.24) is 9.55 Å². The number of nitrogens with zero attached hydrogens (tertiary/aromatic N) is 3. The molecule has 0 radical (unpaired) electrons. The molecule has 0 spiro atoms. The summed E-state index contributed by atoms with van der Waals surface area (Å²) < 4.78 is 10.4. The summed E-state index contributed by atoms with van der Waals surface area (Å²) in [6.45, 7) is 8.83. The van der Waals surface area contributed by atoms with Crippen LogP contribution in [0.2, 0.25) is 0 Å². The van der Waals surface area contributed by atoms with Gasteiger partial charge in [-0.15, -0.1) is 0 Å². The summed E-state index contributed by atoms with van der Waals surface area (Å²) in [4.78, 5) is 4.34. The zero-order valence-electron chi connectivity index (χ0n) is 14.8. The van der Waals surface area contributed by atoms with Crippen LogP contribution in [-0.2, 0) is 12.6 Å². The average Bonchev–Trinajstić information content (AvgIpc) is 3.10. The first-order valence-electron chi connectivity index (χ1n) is 8.22. The summed E-state index contributed by atoms with van der Waals surface area (Å²) in [5, 5.41) is 0. The molecule has 0 N–H and O–H groups in total. The molecule has 0 atom stereocenters. The van der Waals surface area contributed by atoms with E-state index in [-0.39, 0.29) is 5.54 Å². The molecule has 0 aliphatic heterocycles. The summed E-state index contributed by atoms with van der Waals surface area (Å²) in [7, 11) is 2.12. The van der Waals surface area contributed by atoms with Crippen molar-refractivity contribution in [2.75, 3.05) is 0 Å². The second-order valence-corrected chi connectivity index (χ2v) is 7.34. The van der Waals surface area contributed by atoms with Crippen molar-refractivity contribution in [3.63, 3.8) is 0 Å². The maximum atomic E-state index is 5.77. The number of aromatic nitrogens is 3. The van der Waals surface area contributed by atoms with Gasteiger partial charge < -0.3 is 4.42 Å². The number of hydrogen-bond donors (Lipinski definition) is 0. The van der Waals surface area contributed by atoms with Gasteiger partial charge in [0.15, 0.2) is 23.0 Å². The Morgan fingerprint density at radius 1 is 1.08 bits per heavy atom. The van der Waals surface area contributed by atoms with Crippen LogP contribution in [0.15, 0.2) is 47.2 Å². The smallest absolute Gasteiger partial charge is 0.294 e. The molecular weight excluding hydrogens is 298 g/mol. The third kappa shape index (κ3) is 1.99. The highest BCUT2D eigenvalue weighted by Gasteiger charge is 2.34. The summed E-state index contributed by atoms with van der Waals surface area (Å²) in [5.41, 5.74) is 6.39. The van der Waals surface area contributed by atoms with E-state index in [1.54, 1.807) is 0 Å². The van der Waals surface area contributed by atoms with Gasteiger partial charge in [-0.05, 0) is 51.5 Å². The fraction of sp³-hybridized carbons (Fsp3) is 0.300. The number of benzene rings is 2. The molecule has 4 heteroatoms. The highest BCUT2D eigenvalue weighted by molar-refractivity contribution is 5.91. The maximum absolute atomic E-state index is 5.77. The van der Waals surface area contributed by atoms with E-state index < -0.39 is 0 Å². The minimum Gasteiger partial charge on any atom is -0.443 e. The average molecular weight is 320 g/mol. The molecule has 0 aliphatic carbocycles. The zero-order valence-corrected chi connectivity index (χ0v) is 14.8. The highest BCUT2D eigenvalue weighted by Crippen LogP contribution is 2.35. The Morgan fingerprint density at radius 3 is 2.58 bits per heavy atom. The second kappa shape index (κ2) is 4.94. The molecule has 0 aliphatic rings. The van der Waals surface area contributed by atoms with Crippen LogP contribution in [0.1, 0.15) is 26.3 Å². The van der Waals surface area contributed by atoms with Crippen LogP contribution >= 0.6 is 0 Å². The Morgan fingerprint density at radius 2 is 1.83 bits per heavy atom. The molecule has 4 rings (SSSR count). The third-order valence-corrected chi connectivity index (χ3v) is 4.62. The number of para-hydroxylation sites is 2. The molecule has 122 valence electrons. The van der Waals surface area contributed by atoms with Crippen molar-refractivity contribution < 1.29 is 8.98 Å². The van der Waals surface area contributed by atoms with Crippen LogP contribution in [-0.4, -0.2) is 9.55 Å². The van der Waals surface area contributed by atoms with Crippen LogP contribution in [0.5, 0.6) is 0 Å². The molecule has 4 aromatic rings.